The minimum Gasteiger partial charge on any atom is -0.332 e. The molecular formula is C29H28ClN7OS2. The van der Waals surface area contributed by atoms with E-state index in [2.05, 4.69) is 20.1 Å². The maximum atomic E-state index is 13.5. The number of benzene rings is 2. The number of hydrogen-bond donors (Lipinski definition) is 0. The van der Waals surface area contributed by atoms with Crippen molar-refractivity contribution in [3.8, 4) is 17.1 Å². The second-order valence-electron chi connectivity index (χ2n) is 9.29. The number of thiazole rings is 1. The Morgan fingerprint density at radius 2 is 1.88 bits per heavy atom. The van der Waals surface area contributed by atoms with Crippen molar-refractivity contribution in [1.29, 1.82) is 0 Å². The van der Waals surface area contributed by atoms with Crippen LogP contribution in [-0.4, -0.2) is 67.6 Å². The molecule has 11 heteroatoms. The Hall–Kier alpha value is -3.57. The van der Waals surface area contributed by atoms with Gasteiger partial charge in [0.15, 0.2) is 11.0 Å². The minimum atomic E-state index is -0.0702. The van der Waals surface area contributed by atoms with Gasteiger partial charge in [0.05, 0.1) is 11.4 Å². The zero-order valence-electron chi connectivity index (χ0n) is 22.1. The van der Waals surface area contributed by atoms with Gasteiger partial charge in [-0.2, -0.15) is 0 Å². The lowest BCUT2D eigenvalue weighted by molar-refractivity contribution is 0.0726. The van der Waals surface area contributed by atoms with Crippen molar-refractivity contribution in [2.75, 3.05) is 27.2 Å². The highest BCUT2D eigenvalue weighted by Crippen LogP contribution is 2.31. The van der Waals surface area contributed by atoms with Crippen LogP contribution in [0.2, 0.25) is 5.02 Å². The van der Waals surface area contributed by atoms with Crippen LogP contribution < -0.4 is 0 Å². The molecule has 3 heterocycles. The molecule has 0 bridgehead atoms. The molecular weight excluding hydrogens is 562 g/mol. The Bertz CT molecular complexity index is 1560. The van der Waals surface area contributed by atoms with E-state index in [-0.39, 0.29) is 5.91 Å². The van der Waals surface area contributed by atoms with Gasteiger partial charge >= 0.3 is 0 Å². The lowest BCUT2D eigenvalue weighted by Gasteiger charge is -2.24. The lowest BCUT2D eigenvalue weighted by atomic mass is 10.2. The topological polar surface area (TPSA) is 80.0 Å². The number of carbonyl (C=O) groups is 1. The van der Waals surface area contributed by atoms with Gasteiger partial charge in [0.25, 0.3) is 5.91 Å². The number of aromatic nitrogens is 5. The summed E-state index contributed by atoms with van der Waals surface area (Å²) in [4.78, 5) is 26.4. The highest BCUT2D eigenvalue weighted by Gasteiger charge is 2.21. The molecule has 5 rings (SSSR count). The first-order valence-electron chi connectivity index (χ1n) is 12.6. The number of halogens is 1. The first kappa shape index (κ1) is 28.0. The monoisotopic (exact) mass is 589 g/mol. The third kappa shape index (κ3) is 6.95. The smallest absolute Gasteiger partial charge is 0.273 e. The number of amides is 1. The van der Waals surface area contributed by atoms with Crippen LogP contribution in [0.4, 0.5) is 0 Å². The average molecular weight is 590 g/mol. The van der Waals surface area contributed by atoms with Gasteiger partial charge in [-0.25, -0.2) is 4.98 Å². The molecule has 0 saturated heterocycles. The third-order valence-corrected chi connectivity index (χ3v) is 8.24. The second-order valence-corrected chi connectivity index (χ2v) is 11.6. The van der Waals surface area contributed by atoms with Gasteiger partial charge in [0.1, 0.15) is 10.7 Å². The van der Waals surface area contributed by atoms with Gasteiger partial charge in [-0.15, -0.1) is 21.5 Å². The zero-order chi connectivity index (χ0) is 27.9. The van der Waals surface area contributed by atoms with Crippen molar-refractivity contribution >= 4 is 40.6 Å². The van der Waals surface area contributed by atoms with Crippen molar-refractivity contribution < 1.29 is 4.79 Å². The predicted molar refractivity (Wildman–Crippen MR) is 161 cm³/mol. The van der Waals surface area contributed by atoms with Gasteiger partial charge in [0, 0.05) is 48.0 Å². The number of nitrogens with zero attached hydrogens (tertiary/aromatic N) is 7. The van der Waals surface area contributed by atoms with E-state index in [1.807, 2.05) is 95.7 Å². The maximum Gasteiger partial charge on any atom is 0.273 e. The quantitative estimate of drug-likeness (QED) is 0.177. The molecule has 204 valence electrons. The van der Waals surface area contributed by atoms with Gasteiger partial charge in [-0.05, 0) is 50.0 Å². The number of thioether (sulfide) groups is 1. The largest absolute Gasteiger partial charge is 0.332 e. The fourth-order valence-electron chi connectivity index (χ4n) is 4.03. The summed E-state index contributed by atoms with van der Waals surface area (Å²) in [5, 5.41) is 12.9. The summed E-state index contributed by atoms with van der Waals surface area (Å²) in [7, 11) is 4.01. The van der Waals surface area contributed by atoms with Crippen molar-refractivity contribution in [3.05, 3.63) is 106 Å². The summed E-state index contributed by atoms with van der Waals surface area (Å²) in [6.45, 7) is 1.92. The molecule has 0 saturated carbocycles. The number of likely N-dealkylation sites (N-methyl/N-ethyl adjacent to an activating group) is 1. The molecule has 1 amide bonds. The maximum absolute atomic E-state index is 13.5. The van der Waals surface area contributed by atoms with Crippen molar-refractivity contribution in [2.24, 2.45) is 0 Å². The van der Waals surface area contributed by atoms with Gasteiger partial charge in [-0.1, -0.05) is 59.8 Å². The first-order valence-corrected chi connectivity index (χ1v) is 14.9. The van der Waals surface area contributed by atoms with E-state index in [0.29, 0.717) is 40.5 Å². The Labute approximate surface area is 246 Å². The summed E-state index contributed by atoms with van der Waals surface area (Å²) in [5.41, 5.74) is 3.25. The van der Waals surface area contributed by atoms with Crippen LogP contribution >= 0.6 is 34.7 Å². The molecule has 2 aromatic carbocycles. The third-order valence-electron chi connectivity index (χ3n) is 6.04. The molecule has 0 aliphatic heterocycles. The molecule has 0 radical (unpaired) electrons. The number of rotatable bonds is 11. The summed E-state index contributed by atoms with van der Waals surface area (Å²) >= 11 is 9.30. The molecule has 3 aromatic heterocycles. The average Bonchev–Trinajstić information content (AvgIpc) is 3.62. The summed E-state index contributed by atoms with van der Waals surface area (Å²) in [5.74, 6) is 1.14. The molecule has 0 aliphatic carbocycles. The molecule has 0 aliphatic rings. The van der Waals surface area contributed by atoms with Crippen LogP contribution in [0.25, 0.3) is 17.1 Å². The van der Waals surface area contributed by atoms with Crippen molar-refractivity contribution in [1.82, 2.24) is 34.5 Å². The molecule has 40 heavy (non-hydrogen) atoms. The van der Waals surface area contributed by atoms with Crippen LogP contribution in [0, 0.1) is 0 Å². The molecule has 0 N–H and O–H groups in total. The van der Waals surface area contributed by atoms with E-state index in [4.69, 9.17) is 16.6 Å². The first-order chi connectivity index (χ1) is 19.5. The van der Waals surface area contributed by atoms with Crippen LogP contribution in [0.15, 0.2) is 89.7 Å². The molecule has 0 unspecified atom stereocenters. The zero-order valence-corrected chi connectivity index (χ0v) is 24.5. The number of pyridine rings is 1. The molecule has 0 spiro atoms. The van der Waals surface area contributed by atoms with Crippen molar-refractivity contribution in [3.63, 3.8) is 0 Å². The van der Waals surface area contributed by atoms with E-state index in [1.54, 1.807) is 12.4 Å². The fraction of sp³-hybridized carbons (Fsp3) is 0.207. The number of carbonyl (C=O) groups excluding carboxylic acids is 1. The van der Waals surface area contributed by atoms with Crippen LogP contribution in [0.3, 0.4) is 0 Å². The Morgan fingerprint density at radius 1 is 1.02 bits per heavy atom. The molecule has 5 aromatic rings. The van der Waals surface area contributed by atoms with E-state index in [1.165, 1.54) is 23.1 Å². The Balaban J connectivity index is 1.35. The van der Waals surface area contributed by atoms with Crippen LogP contribution in [0.1, 0.15) is 21.1 Å². The van der Waals surface area contributed by atoms with Gasteiger partial charge in [0.2, 0.25) is 0 Å². The normalized spacial score (nSPS) is 11.2. The highest BCUT2D eigenvalue weighted by molar-refractivity contribution is 7.98. The summed E-state index contributed by atoms with van der Waals surface area (Å²) in [6, 6.07) is 21.4. The standard InChI is InChI=1S/C29H28ClN7OS2/c1-35(2)14-15-36(18-21-8-4-3-5-9-21)28(38)25-19-39-26(32-25)20-40-29-34-33-27(22-10-7-13-31-17-22)37(29)24-12-6-11-23(30)16-24/h3-13,16-17,19H,14-15,18,20H2,1-2H3. The molecule has 0 fully saturated rings. The van der Waals surface area contributed by atoms with E-state index < -0.39 is 0 Å². The lowest BCUT2D eigenvalue weighted by Crippen LogP contribution is -2.36. The second kappa shape index (κ2) is 13.2. The summed E-state index contributed by atoms with van der Waals surface area (Å²) < 4.78 is 1.97. The fourth-order valence-corrected chi connectivity index (χ4v) is 5.96. The Morgan fingerprint density at radius 3 is 2.62 bits per heavy atom. The van der Waals surface area contributed by atoms with Crippen molar-refractivity contribution in [2.45, 2.75) is 17.5 Å². The summed E-state index contributed by atoms with van der Waals surface area (Å²) in [6.07, 6.45) is 3.48. The van der Waals surface area contributed by atoms with E-state index in [0.717, 1.165) is 28.4 Å². The number of hydrogen-bond acceptors (Lipinski definition) is 8. The van der Waals surface area contributed by atoms with Gasteiger partial charge < -0.3 is 9.80 Å². The van der Waals surface area contributed by atoms with Gasteiger partial charge in [-0.3, -0.25) is 14.3 Å². The van der Waals surface area contributed by atoms with E-state index >= 15 is 0 Å². The molecule has 0 atom stereocenters. The highest BCUT2D eigenvalue weighted by atomic mass is 35.5. The van der Waals surface area contributed by atoms with Crippen LogP contribution in [-0.2, 0) is 12.3 Å². The predicted octanol–water partition coefficient (Wildman–Crippen LogP) is 5.94. The minimum absolute atomic E-state index is 0.0702. The Kier molecular flexibility index (Phi) is 9.22. The molecule has 8 nitrogen and oxygen atoms in total. The SMILES string of the molecule is CN(C)CCN(Cc1ccccc1)C(=O)c1csc(CSc2nnc(-c3cccnc3)n2-c2cccc(Cl)c2)n1. The van der Waals surface area contributed by atoms with E-state index in [9.17, 15) is 4.79 Å². The van der Waals surface area contributed by atoms with Crippen LogP contribution in [0.5, 0.6) is 0 Å².